The van der Waals surface area contributed by atoms with E-state index in [9.17, 15) is 0 Å². The standard InChI is InChI=1S/C12H16N2O/c1-15-12-8-9(3-2-5-13)7-11-10(12)4-6-14-11/h4,6-8,14H,2-3,5,13H2,1H3. The van der Waals surface area contributed by atoms with Gasteiger partial charge >= 0.3 is 0 Å². The summed E-state index contributed by atoms with van der Waals surface area (Å²) in [4.78, 5) is 3.20. The van der Waals surface area contributed by atoms with Crippen LogP contribution < -0.4 is 10.5 Å². The van der Waals surface area contributed by atoms with Gasteiger partial charge in [0.25, 0.3) is 0 Å². The number of aromatic amines is 1. The van der Waals surface area contributed by atoms with Gasteiger partial charge in [0.15, 0.2) is 0 Å². The molecule has 0 radical (unpaired) electrons. The monoisotopic (exact) mass is 204 g/mol. The molecule has 3 nitrogen and oxygen atoms in total. The van der Waals surface area contributed by atoms with Crippen LogP contribution in [-0.4, -0.2) is 18.6 Å². The fourth-order valence-corrected chi connectivity index (χ4v) is 1.81. The molecule has 0 atom stereocenters. The summed E-state index contributed by atoms with van der Waals surface area (Å²) in [6, 6.07) is 6.28. The van der Waals surface area contributed by atoms with Crippen LogP contribution in [0.4, 0.5) is 0 Å². The minimum absolute atomic E-state index is 0.727. The largest absolute Gasteiger partial charge is 0.496 e. The molecule has 3 heteroatoms. The second-order valence-electron chi connectivity index (χ2n) is 3.63. The number of aryl methyl sites for hydroxylation is 1. The molecular formula is C12H16N2O. The molecule has 15 heavy (non-hydrogen) atoms. The van der Waals surface area contributed by atoms with E-state index in [-0.39, 0.29) is 0 Å². The van der Waals surface area contributed by atoms with Crippen molar-refractivity contribution in [2.24, 2.45) is 5.73 Å². The van der Waals surface area contributed by atoms with Gasteiger partial charge in [0.2, 0.25) is 0 Å². The molecule has 0 aliphatic carbocycles. The van der Waals surface area contributed by atoms with Crippen molar-refractivity contribution in [3.63, 3.8) is 0 Å². The summed E-state index contributed by atoms with van der Waals surface area (Å²) < 4.78 is 5.36. The van der Waals surface area contributed by atoms with E-state index in [0.29, 0.717) is 0 Å². The third-order valence-corrected chi connectivity index (χ3v) is 2.58. The van der Waals surface area contributed by atoms with Gasteiger partial charge < -0.3 is 15.5 Å². The van der Waals surface area contributed by atoms with Crippen LogP contribution in [0.15, 0.2) is 24.4 Å². The molecule has 1 aromatic carbocycles. The molecule has 2 aromatic rings. The average Bonchev–Trinajstić information content (AvgIpc) is 2.73. The maximum atomic E-state index is 5.50. The average molecular weight is 204 g/mol. The van der Waals surface area contributed by atoms with Crippen molar-refractivity contribution in [1.82, 2.24) is 4.98 Å². The third kappa shape index (κ3) is 1.97. The topological polar surface area (TPSA) is 51.0 Å². The Morgan fingerprint density at radius 1 is 1.40 bits per heavy atom. The van der Waals surface area contributed by atoms with Crippen LogP contribution >= 0.6 is 0 Å². The van der Waals surface area contributed by atoms with Gasteiger partial charge in [0.1, 0.15) is 5.75 Å². The van der Waals surface area contributed by atoms with Crippen LogP contribution in [0.5, 0.6) is 5.75 Å². The number of hydrogen-bond acceptors (Lipinski definition) is 2. The van der Waals surface area contributed by atoms with Crippen molar-refractivity contribution in [3.05, 3.63) is 30.0 Å². The minimum atomic E-state index is 0.727. The van der Waals surface area contributed by atoms with Crippen molar-refractivity contribution in [1.29, 1.82) is 0 Å². The number of rotatable bonds is 4. The molecule has 0 spiro atoms. The summed E-state index contributed by atoms with van der Waals surface area (Å²) in [5, 5.41) is 1.13. The van der Waals surface area contributed by atoms with Crippen LogP contribution in [0, 0.1) is 0 Å². The highest BCUT2D eigenvalue weighted by Gasteiger charge is 2.04. The summed E-state index contributed by atoms with van der Waals surface area (Å²) >= 11 is 0. The highest BCUT2D eigenvalue weighted by molar-refractivity contribution is 5.86. The summed E-state index contributed by atoms with van der Waals surface area (Å²) in [5.74, 6) is 0.931. The summed E-state index contributed by atoms with van der Waals surface area (Å²) in [7, 11) is 1.70. The van der Waals surface area contributed by atoms with Crippen molar-refractivity contribution in [2.75, 3.05) is 13.7 Å². The molecule has 0 fully saturated rings. The van der Waals surface area contributed by atoms with E-state index in [4.69, 9.17) is 10.5 Å². The minimum Gasteiger partial charge on any atom is -0.496 e. The number of nitrogens with two attached hydrogens (primary N) is 1. The van der Waals surface area contributed by atoms with Gasteiger partial charge in [-0.05, 0) is 43.1 Å². The van der Waals surface area contributed by atoms with Gasteiger partial charge in [-0.2, -0.15) is 0 Å². The van der Waals surface area contributed by atoms with Crippen LogP contribution in [0.25, 0.3) is 10.9 Å². The number of aromatic nitrogens is 1. The molecule has 2 rings (SSSR count). The summed E-state index contributed by atoms with van der Waals surface area (Å²) in [6.45, 7) is 0.727. The predicted octanol–water partition coefficient (Wildman–Crippen LogP) is 2.07. The lowest BCUT2D eigenvalue weighted by Crippen LogP contribution is -2.00. The van der Waals surface area contributed by atoms with Crippen molar-refractivity contribution in [2.45, 2.75) is 12.8 Å². The zero-order valence-electron chi connectivity index (χ0n) is 8.92. The van der Waals surface area contributed by atoms with Crippen LogP contribution in [0.3, 0.4) is 0 Å². The molecule has 1 heterocycles. The Morgan fingerprint density at radius 2 is 2.27 bits per heavy atom. The van der Waals surface area contributed by atoms with Crippen LogP contribution in [0.2, 0.25) is 0 Å². The lowest BCUT2D eigenvalue weighted by molar-refractivity contribution is 0.419. The number of methoxy groups -OCH3 is 1. The molecule has 0 aliphatic rings. The van der Waals surface area contributed by atoms with E-state index < -0.39 is 0 Å². The first-order chi connectivity index (χ1) is 7.35. The molecular weight excluding hydrogens is 188 g/mol. The summed E-state index contributed by atoms with van der Waals surface area (Å²) in [5.41, 5.74) is 7.90. The molecule has 0 saturated carbocycles. The number of fused-ring (bicyclic) bond motifs is 1. The van der Waals surface area contributed by atoms with Crippen molar-refractivity contribution in [3.8, 4) is 5.75 Å². The molecule has 0 amide bonds. The van der Waals surface area contributed by atoms with Gasteiger partial charge in [-0.3, -0.25) is 0 Å². The smallest absolute Gasteiger partial charge is 0.128 e. The number of benzene rings is 1. The lowest BCUT2D eigenvalue weighted by atomic mass is 10.1. The zero-order chi connectivity index (χ0) is 10.7. The first kappa shape index (κ1) is 10.1. The molecule has 0 saturated heterocycles. The van der Waals surface area contributed by atoms with Crippen LogP contribution in [-0.2, 0) is 6.42 Å². The SMILES string of the molecule is COc1cc(CCCN)cc2[nH]ccc12. The normalized spacial score (nSPS) is 10.8. The number of H-pyrrole nitrogens is 1. The Kier molecular flexibility index (Phi) is 2.92. The van der Waals surface area contributed by atoms with E-state index >= 15 is 0 Å². The summed E-state index contributed by atoms with van der Waals surface area (Å²) in [6.07, 6.45) is 3.94. The van der Waals surface area contributed by atoms with E-state index in [1.807, 2.05) is 12.3 Å². The maximum Gasteiger partial charge on any atom is 0.128 e. The lowest BCUT2D eigenvalue weighted by Gasteiger charge is -2.06. The Balaban J connectivity index is 2.40. The number of ether oxygens (including phenoxy) is 1. The van der Waals surface area contributed by atoms with Gasteiger partial charge in [0, 0.05) is 17.1 Å². The predicted molar refractivity (Wildman–Crippen MR) is 62.2 cm³/mol. The fraction of sp³-hybridized carbons (Fsp3) is 0.333. The van der Waals surface area contributed by atoms with Crippen LogP contribution in [0.1, 0.15) is 12.0 Å². The maximum absolute atomic E-state index is 5.50. The molecule has 0 bridgehead atoms. The first-order valence-electron chi connectivity index (χ1n) is 5.19. The Morgan fingerprint density at radius 3 is 3.00 bits per heavy atom. The second-order valence-corrected chi connectivity index (χ2v) is 3.63. The first-order valence-corrected chi connectivity index (χ1v) is 5.19. The fourth-order valence-electron chi connectivity index (χ4n) is 1.81. The Hall–Kier alpha value is -1.48. The van der Waals surface area contributed by atoms with Crippen molar-refractivity contribution >= 4 is 10.9 Å². The van der Waals surface area contributed by atoms with Gasteiger partial charge in [-0.25, -0.2) is 0 Å². The third-order valence-electron chi connectivity index (χ3n) is 2.58. The highest BCUT2D eigenvalue weighted by Crippen LogP contribution is 2.27. The van der Waals surface area contributed by atoms with Gasteiger partial charge in [0.05, 0.1) is 7.11 Å². The van der Waals surface area contributed by atoms with Crippen molar-refractivity contribution < 1.29 is 4.74 Å². The Labute approximate surface area is 89.2 Å². The molecule has 1 aromatic heterocycles. The number of hydrogen-bond donors (Lipinski definition) is 2. The molecule has 0 aliphatic heterocycles. The molecule has 3 N–H and O–H groups in total. The zero-order valence-corrected chi connectivity index (χ0v) is 8.92. The molecule has 0 unspecified atom stereocenters. The van der Waals surface area contributed by atoms with Gasteiger partial charge in [-0.15, -0.1) is 0 Å². The molecule has 80 valence electrons. The highest BCUT2D eigenvalue weighted by atomic mass is 16.5. The van der Waals surface area contributed by atoms with Gasteiger partial charge in [-0.1, -0.05) is 0 Å². The van der Waals surface area contributed by atoms with E-state index in [2.05, 4.69) is 17.1 Å². The van der Waals surface area contributed by atoms with E-state index in [0.717, 1.165) is 36.0 Å². The second kappa shape index (κ2) is 4.36. The Bertz CT molecular complexity index is 448. The van der Waals surface area contributed by atoms with E-state index in [1.54, 1.807) is 7.11 Å². The van der Waals surface area contributed by atoms with E-state index in [1.165, 1.54) is 5.56 Å². The number of nitrogens with one attached hydrogen (secondary N) is 1. The quantitative estimate of drug-likeness (QED) is 0.801.